The fourth-order valence-electron chi connectivity index (χ4n) is 5.60. The van der Waals surface area contributed by atoms with Crippen molar-refractivity contribution in [2.75, 3.05) is 7.11 Å². The molecule has 0 aromatic heterocycles. The minimum atomic E-state index is 0.373. The summed E-state index contributed by atoms with van der Waals surface area (Å²) >= 11 is 3.57. The highest BCUT2D eigenvalue weighted by molar-refractivity contribution is 8.16. The van der Waals surface area contributed by atoms with E-state index in [-0.39, 0.29) is 0 Å². The van der Waals surface area contributed by atoms with Gasteiger partial charge in [0.2, 0.25) is 4.71 Å². The van der Waals surface area contributed by atoms with E-state index in [9.17, 15) is 0 Å². The number of para-hydroxylation sites is 1. The number of quaternary nitrogens is 1. The summed E-state index contributed by atoms with van der Waals surface area (Å²) in [6.07, 6.45) is 13.6. The largest absolute Gasteiger partial charge is 0.491 e. The number of nitrogens with two attached hydrogens (primary N) is 1. The maximum absolute atomic E-state index is 6.33. The molecule has 138 valence electrons. The standard InChI is InChI=1S/C20H31N2OS2/c1-23-17-13-8-14-18-19(17)22(20(24-18)25-21,15-9-4-2-5-10-15)16-11-6-3-7-12-16/h8,13-16,20H,2-7,9-12,21H2,1H3/q+1. The van der Waals surface area contributed by atoms with Gasteiger partial charge in [0.1, 0.15) is 0 Å². The Morgan fingerprint density at radius 2 is 1.60 bits per heavy atom. The van der Waals surface area contributed by atoms with Crippen LogP contribution in [0.1, 0.15) is 64.2 Å². The number of thioether (sulfide) groups is 1. The van der Waals surface area contributed by atoms with Gasteiger partial charge in [0.05, 0.1) is 24.1 Å². The van der Waals surface area contributed by atoms with Crippen LogP contribution in [0.2, 0.25) is 0 Å². The Kier molecular flexibility index (Phi) is 5.56. The van der Waals surface area contributed by atoms with E-state index >= 15 is 0 Å². The van der Waals surface area contributed by atoms with Gasteiger partial charge in [0.15, 0.2) is 11.4 Å². The molecule has 25 heavy (non-hydrogen) atoms. The lowest BCUT2D eigenvalue weighted by Gasteiger charge is -2.52. The van der Waals surface area contributed by atoms with Crippen LogP contribution in [0.4, 0.5) is 5.69 Å². The highest BCUT2D eigenvalue weighted by Gasteiger charge is 2.58. The zero-order valence-electron chi connectivity index (χ0n) is 15.3. The Bertz CT molecular complexity index is 579. The molecule has 2 fully saturated rings. The molecule has 5 heteroatoms. The van der Waals surface area contributed by atoms with Crippen LogP contribution in [-0.4, -0.2) is 23.9 Å². The summed E-state index contributed by atoms with van der Waals surface area (Å²) in [6, 6.07) is 8.00. The van der Waals surface area contributed by atoms with Gasteiger partial charge in [-0.2, -0.15) is 0 Å². The van der Waals surface area contributed by atoms with Gasteiger partial charge in [-0.25, -0.2) is 0 Å². The van der Waals surface area contributed by atoms with Gasteiger partial charge >= 0.3 is 0 Å². The smallest absolute Gasteiger partial charge is 0.206 e. The molecule has 0 bridgehead atoms. The fourth-order valence-corrected chi connectivity index (χ4v) is 8.15. The van der Waals surface area contributed by atoms with E-state index in [4.69, 9.17) is 9.88 Å². The third-order valence-corrected chi connectivity index (χ3v) is 8.96. The molecule has 0 radical (unpaired) electrons. The number of benzene rings is 1. The molecular formula is C20H31N2OS2+. The van der Waals surface area contributed by atoms with Crippen LogP contribution in [0.15, 0.2) is 23.1 Å². The number of fused-ring (bicyclic) bond motifs is 1. The third kappa shape index (κ3) is 2.91. The maximum atomic E-state index is 6.33. The lowest BCUT2D eigenvalue weighted by molar-refractivity contribution is 0.0972. The molecule has 2 aliphatic carbocycles. The van der Waals surface area contributed by atoms with E-state index in [0.717, 1.165) is 10.2 Å². The van der Waals surface area contributed by atoms with Gasteiger partial charge in [0, 0.05) is 0 Å². The first-order valence-electron chi connectivity index (χ1n) is 9.90. The summed E-state index contributed by atoms with van der Waals surface area (Å²) in [6.45, 7) is 0. The zero-order valence-corrected chi connectivity index (χ0v) is 16.9. The predicted molar refractivity (Wildman–Crippen MR) is 110 cm³/mol. The van der Waals surface area contributed by atoms with Gasteiger partial charge in [-0.3, -0.25) is 9.62 Å². The average molecular weight is 380 g/mol. The molecule has 1 aliphatic heterocycles. The lowest BCUT2D eigenvalue weighted by atomic mass is 9.85. The molecule has 1 aromatic carbocycles. The first-order chi connectivity index (χ1) is 12.3. The van der Waals surface area contributed by atoms with Crippen molar-refractivity contribution in [1.29, 1.82) is 0 Å². The Balaban J connectivity index is 1.88. The summed E-state index contributed by atoms with van der Waals surface area (Å²) in [5.41, 5.74) is 1.46. The Labute approximate surface area is 160 Å². The van der Waals surface area contributed by atoms with Crippen molar-refractivity contribution < 1.29 is 4.74 Å². The Morgan fingerprint density at radius 1 is 1.00 bits per heavy atom. The second kappa shape index (κ2) is 7.71. The molecule has 1 atom stereocenters. The molecule has 2 saturated carbocycles. The minimum Gasteiger partial charge on any atom is -0.491 e. The summed E-state index contributed by atoms with van der Waals surface area (Å²) in [7, 11) is 1.83. The van der Waals surface area contributed by atoms with Gasteiger partial charge in [-0.05, 0) is 87.2 Å². The van der Waals surface area contributed by atoms with E-state index in [0.29, 0.717) is 16.8 Å². The van der Waals surface area contributed by atoms with Crippen molar-refractivity contribution in [2.24, 2.45) is 5.14 Å². The average Bonchev–Trinajstić information content (AvgIpc) is 3.04. The van der Waals surface area contributed by atoms with Crippen molar-refractivity contribution in [3.8, 4) is 5.75 Å². The van der Waals surface area contributed by atoms with Crippen molar-refractivity contribution in [2.45, 2.75) is 85.9 Å². The number of nitrogens with zero attached hydrogens (tertiary/aromatic N) is 1. The normalized spacial score (nSPS) is 27.2. The van der Waals surface area contributed by atoms with Crippen LogP contribution in [0.25, 0.3) is 0 Å². The molecule has 3 nitrogen and oxygen atoms in total. The number of ether oxygens (including phenoxy) is 1. The van der Waals surface area contributed by atoms with E-state index in [1.54, 1.807) is 11.9 Å². The van der Waals surface area contributed by atoms with Crippen LogP contribution in [0, 0.1) is 0 Å². The summed E-state index contributed by atoms with van der Waals surface area (Å²) < 4.78 is 7.37. The Hall–Kier alpha value is -0.360. The van der Waals surface area contributed by atoms with E-state index < -0.39 is 0 Å². The van der Waals surface area contributed by atoms with Gasteiger partial charge in [-0.15, -0.1) is 0 Å². The van der Waals surface area contributed by atoms with Crippen LogP contribution in [-0.2, 0) is 0 Å². The summed E-state index contributed by atoms with van der Waals surface area (Å²) in [5.74, 6) is 1.08. The molecule has 0 spiro atoms. The van der Waals surface area contributed by atoms with E-state index in [1.807, 2.05) is 18.9 Å². The molecule has 1 unspecified atom stereocenters. The number of hydrogen-bond acceptors (Lipinski definition) is 4. The van der Waals surface area contributed by atoms with Crippen LogP contribution >= 0.6 is 23.7 Å². The number of rotatable bonds is 4. The third-order valence-electron chi connectivity index (χ3n) is 6.62. The van der Waals surface area contributed by atoms with Gasteiger partial charge < -0.3 is 4.74 Å². The van der Waals surface area contributed by atoms with Crippen molar-refractivity contribution in [3.63, 3.8) is 0 Å². The summed E-state index contributed by atoms with van der Waals surface area (Å²) in [4.78, 5) is 1.40. The highest BCUT2D eigenvalue weighted by atomic mass is 32.2. The molecular weight excluding hydrogens is 348 g/mol. The number of methoxy groups -OCH3 is 1. The van der Waals surface area contributed by atoms with Crippen LogP contribution < -0.4 is 14.4 Å². The van der Waals surface area contributed by atoms with Crippen molar-refractivity contribution in [1.82, 2.24) is 4.48 Å². The first kappa shape index (κ1) is 18.0. The molecule has 4 rings (SSSR count). The van der Waals surface area contributed by atoms with E-state index in [2.05, 4.69) is 18.2 Å². The molecule has 1 aromatic rings. The highest BCUT2D eigenvalue weighted by Crippen LogP contribution is 2.60. The topological polar surface area (TPSA) is 35.2 Å². The SMILES string of the molecule is COc1cccc2c1[N+](C1CCCCC1)(C1CCCCC1)C(SN)S2. The molecule has 0 amide bonds. The lowest BCUT2D eigenvalue weighted by Crippen LogP contribution is -2.66. The Morgan fingerprint density at radius 3 is 2.12 bits per heavy atom. The predicted octanol–water partition coefficient (Wildman–Crippen LogP) is 5.66. The molecule has 1 heterocycles. The monoisotopic (exact) mass is 379 g/mol. The maximum Gasteiger partial charge on any atom is 0.206 e. The van der Waals surface area contributed by atoms with Crippen LogP contribution in [0.5, 0.6) is 5.75 Å². The quantitative estimate of drug-likeness (QED) is 0.540. The second-order valence-electron chi connectivity index (χ2n) is 7.79. The molecule has 3 aliphatic rings. The minimum absolute atomic E-state index is 0.373. The van der Waals surface area contributed by atoms with Gasteiger partial charge in [0.25, 0.3) is 0 Å². The molecule has 0 saturated heterocycles. The zero-order chi connectivity index (χ0) is 17.3. The first-order valence-corrected chi connectivity index (χ1v) is 11.7. The van der Waals surface area contributed by atoms with Crippen molar-refractivity contribution >= 4 is 29.4 Å². The number of hydrogen-bond donors (Lipinski definition) is 1. The van der Waals surface area contributed by atoms with Crippen LogP contribution in [0.3, 0.4) is 0 Å². The fraction of sp³-hybridized carbons (Fsp3) is 0.700. The second-order valence-corrected chi connectivity index (χ2v) is 9.93. The summed E-state index contributed by atoms with van der Waals surface area (Å²) in [5, 5.41) is 6.33. The van der Waals surface area contributed by atoms with Crippen molar-refractivity contribution in [3.05, 3.63) is 18.2 Å². The van der Waals surface area contributed by atoms with Gasteiger partial charge in [-0.1, -0.05) is 18.9 Å². The van der Waals surface area contributed by atoms with E-state index in [1.165, 1.54) is 74.8 Å². The molecule has 2 N–H and O–H groups in total.